The van der Waals surface area contributed by atoms with E-state index in [1.54, 1.807) is 0 Å². The summed E-state index contributed by atoms with van der Waals surface area (Å²) in [5.74, 6) is 1.68. The van der Waals surface area contributed by atoms with Gasteiger partial charge in [0.2, 0.25) is 0 Å². The fourth-order valence-corrected chi connectivity index (χ4v) is 10.3. The van der Waals surface area contributed by atoms with Crippen molar-refractivity contribution >= 4 is 76.3 Å². The van der Waals surface area contributed by atoms with Gasteiger partial charge in [-0.25, -0.2) is 15.0 Å². The first-order valence-electron chi connectivity index (χ1n) is 22.6. The highest BCUT2D eigenvalue weighted by molar-refractivity contribution is 6.18. The van der Waals surface area contributed by atoms with Crippen molar-refractivity contribution in [2.24, 2.45) is 0 Å². The van der Waals surface area contributed by atoms with Crippen molar-refractivity contribution in [2.75, 3.05) is 0 Å². The molecule has 14 rings (SSSR count). The average Bonchev–Trinajstić information content (AvgIpc) is 4.06. The van der Waals surface area contributed by atoms with Crippen LogP contribution >= 0.6 is 0 Å². The van der Waals surface area contributed by atoms with E-state index >= 15 is 0 Å². The zero-order valence-electron chi connectivity index (χ0n) is 36.0. The first kappa shape index (κ1) is 37.3. The van der Waals surface area contributed by atoms with Gasteiger partial charge in [-0.05, 0) is 101 Å². The molecule has 0 atom stereocenters. The summed E-state index contributed by atoms with van der Waals surface area (Å²) < 4.78 is 11.7. The number of para-hydroxylation sites is 4. The lowest BCUT2D eigenvalue weighted by Gasteiger charge is -2.13. The van der Waals surface area contributed by atoms with Crippen molar-refractivity contribution in [3.63, 3.8) is 0 Å². The third-order valence-corrected chi connectivity index (χ3v) is 13.3. The minimum Gasteiger partial charge on any atom is -0.455 e. The molecule has 0 N–H and O–H groups in total. The van der Waals surface area contributed by atoms with Crippen LogP contribution in [0.2, 0.25) is 0 Å². The molecule has 312 valence electrons. The number of aromatic nitrogens is 5. The van der Waals surface area contributed by atoms with Gasteiger partial charge in [0.1, 0.15) is 11.2 Å². The molecular weight excluding hydrogens is 819 g/mol. The largest absolute Gasteiger partial charge is 0.455 e. The van der Waals surface area contributed by atoms with Gasteiger partial charge in [0.15, 0.2) is 17.5 Å². The SMILES string of the molecule is c1ccc(-c2cccc(-c3nc(-c4ccc5c(c4)c4ccccc4n5-c4ccccc4)nc(-c4ccc(-n5c6ccccc6c6cc7ccccc7cc65)c5c4oc4ccccc45)n3)c2)cc1. The summed E-state index contributed by atoms with van der Waals surface area (Å²) in [7, 11) is 0. The standard InChI is InChI=1S/C61H37N5O/c1-3-16-38(17-4-1)39-20-15-21-42(34-39)59-62-60(43-30-32-53-49(36-43)45-24-9-12-27-51(45)65(53)44-22-5-2-6-23-44)64-61(63-59)48-31-33-54(57-47-26-11-14-29-56(47)67-58(48)57)66-52-28-13-10-25-46(52)50-35-40-18-7-8-19-41(40)37-55(50)66/h1-37H. The summed E-state index contributed by atoms with van der Waals surface area (Å²) in [4.78, 5) is 16.0. The molecule has 67 heavy (non-hydrogen) atoms. The highest BCUT2D eigenvalue weighted by atomic mass is 16.3. The summed E-state index contributed by atoms with van der Waals surface area (Å²) in [6.45, 7) is 0. The maximum atomic E-state index is 6.97. The van der Waals surface area contributed by atoms with Gasteiger partial charge in [-0.2, -0.15) is 0 Å². The summed E-state index contributed by atoms with van der Waals surface area (Å²) in [6, 6.07) is 79.1. The Balaban J connectivity index is 1.03. The molecule has 0 saturated carbocycles. The first-order chi connectivity index (χ1) is 33.2. The van der Waals surface area contributed by atoms with Gasteiger partial charge in [-0.3, -0.25) is 0 Å². The van der Waals surface area contributed by atoms with E-state index < -0.39 is 0 Å². The Kier molecular flexibility index (Phi) is 8.18. The normalized spacial score (nSPS) is 11.9. The molecule has 6 heteroatoms. The van der Waals surface area contributed by atoms with Gasteiger partial charge < -0.3 is 13.6 Å². The highest BCUT2D eigenvalue weighted by Crippen LogP contribution is 2.43. The second-order valence-corrected chi connectivity index (χ2v) is 17.2. The molecule has 0 bridgehead atoms. The van der Waals surface area contributed by atoms with Crippen molar-refractivity contribution in [3.05, 3.63) is 224 Å². The number of furan rings is 1. The van der Waals surface area contributed by atoms with E-state index in [1.807, 2.05) is 18.2 Å². The van der Waals surface area contributed by atoms with Gasteiger partial charge in [0.05, 0.1) is 38.7 Å². The Morgan fingerprint density at radius 1 is 0.328 bits per heavy atom. The van der Waals surface area contributed by atoms with Crippen LogP contribution in [0.25, 0.3) is 133 Å². The molecule has 0 aliphatic carbocycles. The topological polar surface area (TPSA) is 61.7 Å². The van der Waals surface area contributed by atoms with Crippen LogP contribution in [0.3, 0.4) is 0 Å². The third-order valence-electron chi connectivity index (χ3n) is 13.3. The molecule has 0 unspecified atom stereocenters. The van der Waals surface area contributed by atoms with Crippen LogP contribution in [0.1, 0.15) is 0 Å². The Hall–Kier alpha value is -9.13. The third kappa shape index (κ3) is 5.86. The molecule has 0 fully saturated rings. The number of fused-ring (bicyclic) bond motifs is 10. The zero-order chi connectivity index (χ0) is 44.0. The first-order valence-corrected chi connectivity index (χ1v) is 22.6. The van der Waals surface area contributed by atoms with E-state index in [9.17, 15) is 0 Å². The Morgan fingerprint density at radius 3 is 1.67 bits per heavy atom. The fraction of sp³-hybridized carbons (Fsp3) is 0. The maximum Gasteiger partial charge on any atom is 0.167 e. The molecule has 0 amide bonds. The van der Waals surface area contributed by atoms with Crippen LogP contribution in [0, 0.1) is 0 Å². The number of benzene rings is 10. The van der Waals surface area contributed by atoms with Gasteiger partial charge in [0.25, 0.3) is 0 Å². The Labute approximate surface area is 384 Å². The van der Waals surface area contributed by atoms with Gasteiger partial charge in [-0.15, -0.1) is 0 Å². The van der Waals surface area contributed by atoms with E-state index in [1.165, 1.54) is 21.5 Å². The minimum atomic E-state index is 0.528. The lowest BCUT2D eigenvalue weighted by Crippen LogP contribution is -2.01. The lowest BCUT2D eigenvalue weighted by atomic mass is 10.0. The number of nitrogens with zero attached hydrogens (tertiary/aromatic N) is 5. The van der Waals surface area contributed by atoms with Gasteiger partial charge >= 0.3 is 0 Å². The molecule has 0 aliphatic rings. The Morgan fingerprint density at radius 2 is 0.896 bits per heavy atom. The van der Waals surface area contributed by atoms with Crippen molar-refractivity contribution in [3.8, 4) is 56.7 Å². The molecule has 14 aromatic rings. The van der Waals surface area contributed by atoms with E-state index in [4.69, 9.17) is 19.4 Å². The molecule has 10 aromatic carbocycles. The van der Waals surface area contributed by atoms with Crippen molar-refractivity contribution in [2.45, 2.75) is 0 Å². The minimum absolute atomic E-state index is 0.528. The molecule has 0 radical (unpaired) electrons. The molecule has 6 nitrogen and oxygen atoms in total. The van der Waals surface area contributed by atoms with Crippen LogP contribution in [0.4, 0.5) is 0 Å². The number of rotatable bonds is 6. The van der Waals surface area contributed by atoms with Crippen LogP contribution in [-0.4, -0.2) is 24.1 Å². The molecule has 4 aromatic heterocycles. The monoisotopic (exact) mass is 855 g/mol. The van der Waals surface area contributed by atoms with E-state index in [2.05, 4.69) is 215 Å². The maximum absolute atomic E-state index is 6.97. The molecular formula is C61H37N5O. The smallest absolute Gasteiger partial charge is 0.167 e. The summed E-state index contributed by atoms with van der Waals surface area (Å²) >= 11 is 0. The zero-order valence-corrected chi connectivity index (χ0v) is 36.0. The van der Waals surface area contributed by atoms with Crippen molar-refractivity contribution in [1.29, 1.82) is 0 Å². The van der Waals surface area contributed by atoms with Gasteiger partial charge in [-0.1, -0.05) is 146 Å². The highest BCUT2D eigenvalue weighted by Gasteiger charge is 2.24. The molecule has 0 saturated heterocycles. The predicted molar refractivity (Wildman–Crippen MR) is 275 cm³/mol. The lowest BCUT2D eigenvalue weighted by molar-refractivity contribution is 0.669. The average molecular weight is 856 g/mol. The quantitative estimate of drug-likeness (QED) is 0.167. The summed E-state index contributed by atoms with van der Waals surface area (Å²) in [5, 5.41) is 9.09. The fourth-order valence-electron chi connectivity index (χ4n) is 10.3. The van der Waals surface area contributed by atoms with Crippen LogP contribution < -0.4 is 0 Å². The second kappa shape index (κ2) is 14.7. The van der Waals surface area contributed by atoms with Crippen molar-refractivity contribution < 1.29 is 4.42 Å². The summed E-state index contributed by atoms with van der Waals surface area (Å²) in [5.41, 5.74) is 12.9. The van der Waals surface area contributed by atoms with Crippen LogP contribution in [-0.2, 0) is 0 Å². The van der Waals surface area contributed by atoms with E-state index in [0.29, 0.717) is 23.1 Å². The van der Waals surface area contributed by atoms with Crippen molar-refractivity contribution in [1.82, 2.24) is 24.1 Å². The molecule has 0 spiro atoms. The number of hydrogen-bond donors (Lipinski definition) is 0. The number of hydrogen-bond acceptors (Lipinski definition) is 4. The van der Waals surface area contributed by atoms with E-state index in [0.717, 1.165) is 88.4 Å². The predicted octanol–water partition coefficient (Wildman–Crippen LogP) is 15.8. The second-order valence-electron chi connectivity index (χ2n) is 17.2. The van der Waals surface area contributed by atoms with Crippen LogP contribution in [0.5, 0.6) is 0 Å². The molecule has 0 aliphatic heterocycles. The van der Waals surface area contributed by atoms with E-state index in [-0.39, 0.29) is 0 Å². The summed E-state index contributed by atoms with van der Waals surface area (Å²) in [6.07, 6.45) is 0. The Bertz CT molecular complexity index is 4280. The van der Waals surface area contributed by atoms with Gasteiger partial charge in [0, 0.05) is 43.7 Å². The molecule has 4 heterocycles. The van der Waals surface area contributed by atoms with Crippen LogP contribution in [0.15, 0.2) is 229 Å².